The van der Waals surface area contributed by atoms with E-state index in [9.17, 15) is 4.79 Å². The van der Waals surface area contributed by atoms with Gasteiger partial charge in [-0.3, -0.25) is 9.78 Å². The number of nitrogens with zero attached hydrogens (tertiary/aromatic N) is 1. The average Bonchev–Trinajstić information content (AvgIpc) is 2.59. The summed E-state index contributed by atoms with van der Waals surface area (Å²) in [4.78, 5) is 14.6. The number of hydrogen-bond acceptors (Lipinski definition) is 3. The number of fused-ring (bicyclic) bond motifs is 1. The van der Waals surface area contributed by atoms with Crippen LogP contribution in [0.5, 0.6) is 0 Å². The van der Waals surface area contributed by atoms with E-state index in [1.807, 2.05) is 0 Å². The lowest BCUT2D eigenvalue weighted by Crippen LogP contribution is -1.88. The van der Waals surface area contributed by atoms with Crippen molar-refractivity contribution in [2.24, 2.45) is 0 Å². The molecule has 0 bridgehead atoms. The summed E-state index contributed by atoms with van der Waals surface area (Å²) in [5.41, 5.74) is 1.81. The minimum atomic E-state index is 0.344. The van der Waals surface area contributed by atoms with Crippen LogP contribution in [-0.4, -0.2) is 11.3 Å². The number of hydrogen-bond donors (Lipinski definition) is 0. The normalized spacial score (nSPS) is 11.1. The standard InChI is InChI=1S/C11H11NO2/c1-7(2)10-5-12-4-8-3-9(6-13)14-11(8)10/h3-7H,1-2H3. The Hall–Kier alpha value is -1.64. The molecule has 0 aliphatic heterocycles. The minimum Gasteiger partial charge on any atom is -0.453 e. The van der Waals surface area contributed by atoms with Crippen molar-refractivity contribution in [2.45, 2.75) is 19.8 Å². The van der Waals surface area contributed by atoms with Gasteiger partial charge in [-0.05, 0) is 12.0 Å². The Labute approximate surface area is 81.7 Å². The summed E-state index contributed by atoms with van der Waals surface area (Å²) in [7, 11) is 0. The molecule has 2 aromatic rings. The lowest BCUT2D eigenvalue weighted by atomic mass is 10.0. The zero-order chi connectivity index (χ0) is 10.1. The predicted octanol–water partition coefficient (Wildman–Crippen LogP) is 2.76. The molecule has 0 atom stereocenters. The number of pyridine rings is 1. The molecular weight excluding hydrogens is 178 g/mol. The zero-order valence-corrected chi connectivity index (χ0v) is 8.15. The van der Waals surface area contributed by atoms with Gasteiger partial charge in [0.2, 0.25) is 0 Å². The first-order valence-corrected chi connectivity index (χ1v) is 4.55. The van der Waals surface area contributed by atoms with Gasteiger partial charge in [0.1, 0.15) is 5.58 Å². The van der Waals surface area contributed by atoms with Gasteiger partial charge in [-0.15, -0.1) is 0 Å². The van der Waals surface area contributed by atoms with Crippen molar-refractivity contribution in [3.63, 3.8) is 0 Å². The van der Waals surface area contributed by atoms with Gasteiger partial charge in [0.25, 0.3) is 0 Å². The van der Waals surface area contributed by atoms with Gasteiger partial charge in [-0.1, -0.05) is 13.8 Å². The molecule has 0 radical (unpaired) electrons. The Balaban J connectivity index is 2.72. The fourth-order valence-electron chi connectivity index (χ4n) is 1.47. The largest absolute Gasteiger partial charge is 0.453 e. The van der Waals surface area contributed by atoms with Gasteiger partial charge in [0, 0.05) is 23.3 Å². The smallest absolute Gasteiger partial charge is 0.185 e. The minimum absolute atomic E-state index is 0.344. The quantitative estimate of drug-likeness (QED) is 0.682. The summed E-state index contributed by atoms with van der Waals surface area (Å²) in [6.45, 7) is 4.14. The monoisotopic (exact) mass is 189 g/mol. The van der Waals surface area contributed by atoms with E-state index >= 15 is 0 Å². The maximum atomic E-state index is 10.5. The second-order valence-corrected chi connectivity index (χ2v) is 3.57. The Morgan fingerprint density at radius 1 is 1.43 bits per heavy atom. The second-order valence-electron chi connectivity index (χ2n) is 3.57. The third-order valence-corrected chi connectivity index (χ3v) is 2.21. The van der Waals surface area contributed by atoms with Crippen LogP contribution in [0.4, 0.5) is 0 Å². The van der Waals surface area contributed by atoms with Crippen molar-refractivity contribution in [3.8, 4) is 0 Å². The van der Waals surface area contributed by atoms with Crippen molar-refractivity contribution in [1.82, 2.24) is 4.98 Å². The number of furan rings is 1. The van der Waals surface area contributed by atoms with E-state index in [0.717, 1.165) is 16.5 Å². The van der Waals surface area contributed by atoms with Crippen molar-refractivity contribution >= 4 is 17.3 Å². The van der Waals surface area contributed by atoms with Crippen LogP contribution in [0, 0.1) is 0 Å². The average molecular weight is 189 g/mol. The van der Waals surface area contributed by atoms with E-state index in [2.05, 4.69) is 18.8 Å². The van der Waals surface area contributed by atoms with Crippen LogP contribution in [-0.2, 0) is 0 Å². The molecule has 2 aromatic heterocycles. The van der Waals surface area contributed by atoms with E-state index in [1.54, 1.807) is 18.5 Å². The lowest BCUT2D eigenvalue weighted by molar-refractivity contribution is 0.110. The first kappa shape index (κ1) is 8.94. The molecule has 0 aliphatic carbocycles. The zero-order valence-electron chi connectivity index (χ0n) is 8.15. The Morgan fingerprint density at radius 2 is 2.21 bits per heavy atom. The van der Waals surface area contributed by atoms with Crippen LogP contribution in [0.1, 0.15) is 35.9 Å². The first-order chi connectivity index (χ1) is 6.72. The van der Waals surface area contributed by atoms with Gasteiger partial charge in [0.15, 0.2) is 12.0 Å². The summed E-state index contributed by atoms with van der Waals surface area (Å²) in [5, 5.41) is 0.887. The summed E-state index contributed by atoms with van der Waals surface area (Å²) in [5.74, 6) is 0.701. The fraction of sp³-hybridized carbons (Fsp3) is 0.273. The van der Waals surface area contributed by atoms with Gasteiger partial charge >= 0.3 is 0 Å². The highest BCUT2D eigenvalue weighted by molar-refractivity contribution is 5.86. The summed E-state index contributed by atoms with van der Waals surface area (Å²) < 4.78 is 5.40. The Morgan fingerprint density at radius 3 is 2.86 bits per heavy atom. The van der Waals surface area contributed by atoms with Crippen molar-refractivity contribution in [2.75, 3.05) is 0 Å². The second kappa shape index (κ2) is 3.25. The third-order valence-electron chi connectivity index (χ3n) is 2.21. The van der Waals surface area contributed by atoms with Gasteiger partial charge in [0.05, 0.1) is 0 Å². The molecule has 3 heteroatoms. The summed E-state index contributed by atoms with van der Waals surface area (Å²) in [6.07, 6.45) is 4.20. The molecule has 2 rings (SSSR count). The number of carbonyl (C=O) groups is 1. The fourth-order valence-corrected chi connectivity index (χ4v) is 1.47. The van der Waals surface area contributed by atoms with E-state index in [-0.39, 0.29) is 0 Å². The lowest BCUT2D eigenvalue weighted by Gasteiger charge is -2.03. The van der Waals surface area contributed by atoms with Crippen molar-refractivity contribution < 1.29 is 9.21 Å². The van der Waals surface area contributed by atoms with Crippen molar-refractivity contribution in [1.29, 1.82) is 0 Å². The first-order valence-electron chi connectivity index (χ1n) is 4.55. The van der Waals surface area contributed by atoms with Crippen LogP contribution in [0.2, 0.25) is 0 Å². The molecule has 72 valence electrons. The van der Waals surface area contributed by atoms with E-state index in [1.165, 1.54) is 0 Å². The molecule has 0 aliphatic rings. The van der Waals surface area contributed by atoms with Crippen LogP contribution >= 0.6 is 0 Å². The highest BCUT2D eigenvalue weighted by Crippen LogP contribution is 2.26. The molecule has 0 saturated carbocycles. The van der Waals surface area contributed by atoms with Crippen LogP contribution < -0.4 is 0 Å². The van der Waals surface area contributed by atoms with Gasteiger partial charge in [-0.25, -0.2) is 0 Å². The summed E-state index contributed by atoms with van der Waals surface area (Å²) >= 11 is 0. The SMILES string of the molecule is CC(C)c1cncc2cc(C=O)oc12. The molecular formula is C11H11NO2. The molecule has 14 heavy (non-hydrogen) atoms. The molecule has 3 nitrogen and oxygen atoms in total. The molecule has 0 fully saturated rings. The third kappa shape index (κ3) is 1.31. The number of rotatable bonds is 2. The van der Waals surface area contributed by atoms with Gasteiger partial charge < -0.3 is 4.42 Å². The van der Waals surface area contributed by atoms with Gasteiger partial charge in [-0.2, -0.15) is 0 Å². The van der Waals surface area contributed by atoms with E-state index < -0.39 is 0 Å². The van der Waals surface area contributed by atoms with Crippen molar-refractivity contribution in [3.05, 3.63) is 29.8 Å². The van der Waals surface area contributed by atoms with Crippen LogP contribution in [0.15, 0.2) is 22.9 Å². The molecule has 0 unspecified atom stereocenters. The molecule has 0 N–H and O–H groups in total. The maximum Gasteiger partial charge on any atom is 0.185 e. The predicted molar refractivity (Wildman–Crippen MR) is 53.5 cm³/mol. The topological polar surface area (TPSA) is 43.1 Å². The highest BCUT2D eigenvalue weighted by atomic mass is 16.3. The molecule has 0 aromatic carbocycles. The Bertz CT molecular complexity index is 471. The molecule has 0 spiro atoms. The maximum absolute atomic E-state index is 10.5. The highest BCUT2D eigenvalue weighted by Gasteiger charge is 2.10. The molecule has 2 heterocycles. The Kier molecular flexibility index (Phi) is 2.08. The molecule has 0 amide bonds. The molecule has 0 saturated heterocycles. The number of aldehydes is 1. The number of aromatic nitrogens is 1. The van der Waals surface area contributed by atoms with Crippen LogP contribution in [0.25, 0.3) is 11.0 Å². The van der Waals surface area contributed by atoms with E-state index in [4.69, 9.17) is 4.42 Å². The number of carbonyl (C=O) groups excluding carboxylic acids is 1. The summed E-state index contributed by atoms with van der Waals surface area (Å²) in [6, 6.07) is 1.71. The van der Waals surface area contributed by atoms with Crippen LogP contribution in [0.3, 0.4) is 0 Å². The van der Waals surface area contributed by atoms with E-state index in [0.29, 0.717) is 18.0 Å².